The SMILES string of the molecule is Cc1ccc(NCC(=O)N/N=C\c2ccc(OC(=O)/C=C/c3ccco3)cc2)cc1. The van der Waals surface area contributed by atoms with Crippen LogP contribution in [0, 0.1) is 6.92 Å². The third kappa shape index (κ3) is 6.79. The number of amides is 1. The molecular formula is C23H21N3O4. The molecule has 0 unspecified atom stereocenters. The molecule has 2 N–H and O–H groups in total. The van der Waals surface area contributed by atoms with E-state index >= 15 is 0 Å². The summed E-state index contributed by atoms with van der Waals surface area (Å²) in [5.74, 6) is 0.184. The van der Waals surface area contributed by atoms with Gasteiger partial charge in [0.05, 0.1) is 19.0 Å². The Morgan fingerprint density at radius 3 is 2.53 bits per heavy atom. The van der Waals surface area contributed by atoms with E-state index in [4.69, 9.17) is 9.15 Å². The van der Waals surface area contributed by atoms with E-state index in [1.807, 2.05) is 31.2 Å². The van der Waals surface area contributed by atoms with E-state index in [0.717, 1.165) is 16.8 Å². The number of carbonyl (C=O) groups excluding carboxylic acids is 2. The van der Waals surface area contributed by atoms with Crippen LogP contribution in [-0.4, -0.2) is 24.6 Å². The van der Waals surface area contributed by atoms with Crippen molar-refractivity contribution in [3.63, 3.8) is 0 Å². The zero-order valence-electron chi connectivity index (χ0n) is 16.4. The summed E-state index contributed by atoms with van der Waals surface area (Å²) in [6.45, 7) is 2.11. The van der Waals surface area contributed by atoms with Gasteiger partial charge in [-0.2, -0.15) is 5.10 Å². The summed E-state index contributed by atoms with van der Waals surface area (Å²) in [7, 11) is 0. The van der Waals surface area contributed by atoms with Crippen LogP contribution in [0.2, 0.25) is 0 Å². The Hall–Kier alpha value is -4.13. The first kappa shape index (κ1) is 20.6. The van der Waals surface area contributed by atoms with Gasteiger partial charge in [0.15, 0.2) is 0 Å². The van der Waals surface area contributed by atoms with Gasteiger partial charge in [-0.05, 0) is 67.1 Å². The number of hydrogen-bond acceptors (Lipinski definition) is 6. The minimum atomic E-state index is -0.513. The van der Waals surface area contributed by atoms with Crippen LogP contribution in [0.25, 0.3) is 6.08 Å². The predicted molar refractivity (Wildman–Crippen MR) is 115 cm³/mol. The van der Waals surface area contributed by atoms with Crippen molar-refractivity contribution >= 4 is 29.9 Å². The summed E-state index contributed by atoms with van der Waals surface area (Å²) in [5.41, 5.74) is 5.22. The molecule has 30 heavy (non-hydrogen) atoms. The summed E-state index contributed by atoms with van der Waals surface area (Å²) in [6.07, 6.45) is 5.84. The Labute approximate surface area is 174 Å². The van der Waals surface area contributed by atoms with Crippen molar-refractivity contribution in [3.8, 4) is 5.75 Å². The van der Waals surface area contributed by atoms with Crippen LogP contribution in [-0.2, 0) is 9.59 Å². The smallest absolute Gasteiger partial charge is 0.336 e. The largest absolute Gasteiger partial charge is 0.465 e. The van der Waals surface area contributed by atoms with Gasteiger partial charge in [-0.1, -0.05) is 17.7 Å². The highest BCUT2D eigenvalue weighted by atomic mass is 16.5. The van der Waals surface area contributed by atoms with Gasteiger partial charge in [-0.25, -0.2) is 10.2 Å². The molecule has 7 heteroatoms. The zero-order valence-corrected chi connectivity index (χ0v) is 16.4. The number of carbonyl (C=O) groups is 2. The minimum absolute atomic E-state index is 0.112. The lowest BCUT2D eigenvalue weighted by molar-refractivity contribution is -0.129. The lowest BCUT2D eigenvalue weighted by Gasteiger charge is -2.05. The molecule has 1 heterocycles. The molecule has 3 rings (SSSR count). The Balaban J connectivity index is 1.42. The summed E-state index contributed by atoms with van der Waals surface area (Å²) in [6, 6.07) is 17.9. The van der Waals surface area contributed by atoms with E-state index in [0.29, 0.717) is 11.5 Å². The third-order valence-corrected chi connectivity index (χ3v) is 3.93. The van der Waals surface area contributed by atoms with Crippen LogP contribution < -0.4 is 15.5 Å². The number of furan rings is 1. The van der Waals surface area contributed by atoms with Crippen LogP contribution in [0.4, 0.5) is 5.69 Å². The van der Waals surface area contributed by atoms with Gasteiger partial charge in [-0.3, -0.25) is 4.79 Å². The molecule has 1 amide bonds. The van der Waals surface area contributed by atoms with E-state index in [9.17, 15) is 9.59 Å². The van der Waals surface area contributed by atoms with Crippen molar-refractivity contribution in [1.82, 2.24) is 5.43 Å². The molecule has 0 radical (unpaired) electrons. The molecule has 0 atom stereocenters. The second-order valence-corrected chi connectivity index (χ2v) is 6.35. The Morgan fingerprint density at radius 1 is 1.07 bits per heavy atom. The maximum Gasteiger partial charge on any atom is 0.336 e. The summed E-state index contributed by atoms with van der Waals surface area (Å²) >= 11 is 0. The van der Waals surface area contributed by atoms with Crippen LogP contribution in [0.15, 0.2) is 82.5 Å². The number of nitrogens with one attached hydrogen (secondary N) is 2. The number of esters is 1. The average molecular weight is 403 g/mol. The van der Waals surface area contributed by atoms with Crippen LogP contribution in [0.1, 0.15) is 16.9 Å². The number of rotatable bonds is 8. The topological polar surface area (TPSA) is 92.9 Å². The van der Waals surface area contributed by atoms with Crippen molar-refractivity contribution in [2.24, 2.45) is 5.10 Å². The summed E-state index contributed by atoms with van der Waals surface area (Å²) in [5, 5.41) is 6.94. The third-order valence-electron chi connectivity index (χ3n) is 3.93. The van der Waals surface area contributed by atoms with Gasteiger partial charge in [0, 0.05) is 11.8 Å². The van der Waals surface area contributed by atoms with Gasteiger partial charge >= 0.3 is 5.97 Å². The Morgan fingerprint density at radius 2 is 1.83 bits per heavy atom. The normalized spacial score (nSPS) is 11.0. The number of anilines is 1. The molecule has 2 aromatic carbocycles. The molecule has 0 aliphatic carbocycles. The number of ether oxygens (including phenoxy) is 1. The monoisotopic (exact) mass is 403 g/mol. The second-order valence-electron chi connectivity index (χ2n) is 6.35. The van der Waals surface area contributed by atoms with Crippen molar-refractivity contribution in [2.75, 3.05) is 11.9 Å². The van der Waals surface area contributed by atoms with E-state index in [2.05, 4.69) is 15.8 Å². The molecule has 3 aromatic rings. The van der Waals surface area contributed by atoms with Crippen molar-refractivity contribution < 1.29 is 18.7 Å². The highest BCUT2D eigenvalue weighted by Gasteiger charge is 2.02. The number of nitrogens with zero attached hydrogens (tertiary/aromatic N) is 1. The number of hydrogen-bond donors (Lipinski definition) is 2. The maximum atomic E-state index is 11.8. The number of aryl methyl sites for hydroxylation is 1. The summed E-state index contributed by atoms with van der Waals surface area (Å²) in [4.78, 5) is 23.6. The van der Waals surface area contributed by atoms with E-state index in [1.165, 1.54) is 24.6 Å². The van der Waals surface area contributed by atoms with Crippen LogP contribution in [0.5, 0.6) is 5.75 Å². The summed E-state index contributed by atoms with van der Waals surface area (Å²) < 4.78 is 10.3. The first-order valence-electron chi connectivity index (χ1n) is 9.24. The van der Waals surface area contributed by atoms with Gasteiger partial charge in [0.25, 0.3) is 5.91 Å². The molecule has 0 bridgehead atoms. The minimum Gasteiger partial charge on any atom is -0.465 e. The predicted octanol–water partition coefficient (Wildman–Crippen LogP) is 3.77. The maximum absolute atomic E-state index is 11.8. The van der Waals surface area contributed by atoms with Crippen molar-refractivity contribution in [3.05, 3.63) is 89.9 Å². The van der Waals surface area contributed by atoms with E-state index < -0.39 is 5.97 Å². The van der Waals surface area contributed by atoms with Crippen LogP contribution in [0.3, 0.4) is 0 Å². The molecule has 0 spiro atoms. The fourth-order valence-corrected chi connectivity index (χ4v) is 2.38. The molecule has 0 fully saturated rings. The van der Waals surface area contributed by atoms with Gasteiger partial charge in [0.1, 0.15) is 11.5 Å². The first-order chi connectivity index (χ1) is 14.6. The molecule has 0 aliphatic rings. The van der Waals surface area contributed by atoms with E-state index in [-0.39, 0.29) is 12.5 Å². The standard InChI is InChI=1S/C23H21N3O4/c1-17-4-8-19(9-5-17)24-16-22(27)26-25-15-18-6-10-21(11-7-18)30-23(28)13-12-20-3-2-14-29-20/h2-15,24H,16H2,1H3,(H,26,27)/b13-12+,25-15-. The lowest BCUT2D eigenvalue weighted by Crippen LogP contribution is -2.25. The molecule has 7 nitrogen and oxygen atoms in total. The van der Waals surface area contributed by atoms with Gasteiger partial charge in [-0.15, -0.1) is 0 Å². The lowest BCUT2D eigenvalue weighted by atomic mass is 10.2. The fraction of sp³-hybridized carbons (Fsp3) is 0.0870. The quantitative estimate of drug-likeness (QED) is 0.196. The average Bonchev–Trinajstić information content (AvgIpc) is 3.27. The van der Waals surface area contributed by atoms with Crippen molar-refractivity contribution in [2.45, 2.75) is 6.92 Å². The number of benzene rings is 2. The number of hydrazone groups is 1. The Bertz CT molecular complexity index is 1020. The fourth-order valence-electron chi connectivity index (χ4n) is 2.38. The molecule has 0 aliphatic heterocycles. The van der Waals surface area contributed by atoms with Crippen molar-refractivity contribution in [1.29, 1.82) is 0 Å². The highest BCUT2D eigenvalue weighted by Crippen LogP contribution is 2.12. The molecule has 1 aromatic heterocycles. The Kier molecular flexibility index (Phi) is 7.16. The van der Waals surface area contributed by atoms with Crippen LogP contribution >= 0.6 is 0 Å². The second kappa shape index (κ2) is 10.4. The zero-order chi connectivity index (χ0) is 21.2. The van der Waals surface area contributed by atoms with E-state index in [1.54, 1.807) is 36.4 Å². The molecular weight excluding hydrogens is 382 g/mol. The highest BCUT2D eigenvalue weighted by molar-refractivity contribution is 5.88. The molecule has 152 valence electrons. The van der Waals surface area contributed by atoms with Gasteiger partial charge in [0.2, 0.25) is 0 Å². The molecule has 0 saturated heterocycles. The molecule has 0 saturated carbocycles. The first-order valence-corrected chi connectivity index (χ1v) is 9.24. The van der Waals surface area contributed by atoms with Gasteiger partial charge < -0.3 is 14.5 Å².